The molecule has 4 rings (SSSR count). The molecule has 154 valence electrons. The SMILES string of the molecule is Cc1nn(C)c(-n2ccc3cc(Cl)ccc32)c1C=CC(=O)NS(=O)(=O)c1ccco1. The maximum Gasteiger partial charge on any atom is 0.297 e. The van der Waals surface area contributed by atoms with E-state index < -0.39 is 15.9 Å². The number of amides is 1. The standard InChI is InChI=1S/C20H17ClN4O4S/c1-13-16(6-8-18(26)23-30(27,28)19-4-3-11-29-19)20(24(2)22-13)25-10-9-14-12-15(21)5-7-17(14)25/h3-12H,1-2H3,(H,23,26). The van der Waals surface area contributed by atoms with Crippen molar-refractivity contribution in [1.82, 2.24) is 19.1 Å². The first-order valence-corrected chi connectivity index (χ1v) is 10.7. The van der Waals surface area contributed by atoms with E-state index in [4.69, 9.17) is 16.0 Å². The number of aryl methyl sites for hydroxylation is 2. The highest BCUT2D eigenvalue weighted by molar-refractivity contribution is 7.89. The molecule has 0 fully saturated rings. The number of nitrogens with one attached hydrogen (secondary N) is 1. The minimum absolute atomic E-state index is 0.333. The second-order valence-corrected chi connectivity index (χ2v) is 8.62. The number of nitrogens with zero attached hydrogens (tertiary/aromatic N) is 3. The maximum atomic E-state index is 12.2. The lowest BCUT2D eigenvalue weighted by Crippen LogP contribution is -2.28. The van der Waals surface area contributed by atoms with Crippen LogP contribution in [0.3, 0.4) is 0 Å². The van der Waals surface area contributed by atoms with Crippen LogP contribution in [0, 0.1) is 6.92 Å². The molecule has 0 aliphatic heterocycles. The number of carbonyl (C=O) groups is 1. The molecule has 1 aromatic carbocycles. The van der Waals surface area contributed by atoms with Gasteiger partial charge in [-0.2, -0.15) is 13.5 Å². The second-order valence-electron chi connectivity index (χ2n) is 6.57. The Morgan fingerprint density at radius 2 is 2.07 bits per heavy atom. The summed E-state index contributed by atoms with van der Waals surface area (Å²) in [6, 6.07) is 10.2. The maximum absolute atomic E-state index is 12.2. The van der Waals surface area contributed by atoms with Crippen LogP contribution < -0.4 is 4.72 Å². The van der Waals surface area contributed by atoms with Gasteiger partial charge < -0.3 is 8.98 Å². The molecule has 0 saturated carbocycles. The van der Waals surface area contributed by atoms with E-state index in [9.17, 15) is 13.2 Å². The molecule has 0 radical (unpaired) electrons. The smallest absolute Gasteiger partial charge is 0.297 e. The van der Waals surface area contributed by atoms with Crippen molar-refractivity contribution in [3.05, 3.63) is 71.2 Å². The van der Waals surface area contributed by atoms with Crippen molar-refractivity contribution in [3.8, 4) is 5.82 Å². The van der Waals surface area contributed by atoms with Gasteiger partial charge in [-0.05, 0) is 49.4 Å². The predicted molar refractivity (Wildman–Crippen MR) is 113 cm³/mol. The Balaban J connectivity index is 1.68. The first-order valence-electron chi connectivity index (χ1n) is 8.85. The van der Waals surface area contributed by atoms with Crippen LogP contribution in [0.2, 0.25) is 5.02 Å². The Hall–Kier alpha value is -3.30. The van der Waals surface area contributed by atoms with Crippen molar-refractivity contribution in [2.45, 2.75) is 12.0 Å². The summed E-state index contributed by atoms with van der Waals surface area (Å²) in [4.78, 5) is 12.2. The van der Waals surface area contributed by atoms with E-state index in [1.165, 1.54) is 24.5 Å². The van der Waals surface area contributed by atoms with Crippen molar-refractivity contribution >= 4 is 44.5 Å². The van der Waals surface area contributed by atoms with Crippen molar-refractivity contribution in [2.24, 2.45) is 7.05 Å². The summed E-state index contributed by atoms with van der Waals surface area (Å²) in [5.74, 6) is -0.0764. The molecule has 4 aromatic rings. The Bertz CT molecular complexity index is 1380. The lowest BCUT2D eigenvalue weighted by Gasteiger charge is -2.08. The molecule has 0 atom stereocenters. The third-order valence-corrected chi connectivity index (χ3v) is 5.98. The van der Waals surface area contributed by atoms with Gasteiger partial charge in [0.05, 0.1) is 17.5 Å². The molecule has 30 heavy (non-hydrogen) atoms. The van der Waals surface area contributed by atoms with Crippen LogP contribution in [0.5, 0.6) is 0 Å². The molecular weight excluding hydrogens is 428 g/mol. The van der Waals surface area contributed by atoms with E-state index in [1.54, 1.807) is 17.8 Å². The van der Waals surface area contributed by atoms with Crippen molar-refractivity contribution in [2.75, 3.05) is 0 Å². The topological polar surface area (TPSA) is 99.1 Å². The number of halogens is 1. The quantitative estimate of drug-likeness (QED) is 0.475. The summed E-state index contributed by atoms with van der Waals surface area (Å²) in [6.45, 7) is 1.81. The van der Waals surface area contributed by atoms with Crippen LogP contribution in [0.25, 0.3) is 22.8 Å². The number of aromatic nitrogens is 3. The number of fused-ring (bicyclic) bond motifs is 1. The zero-order valence-electron chi connectivity index (χ0n) is 16.0. The highest BCUT2D eigenvalue weighted by Gasteiger charge is 2.20. The van der Waals surface area contributed by atoms with Gasteiger partial charge in [0, 0.05) is 35.3 Å². The average Bonchev–Trinajstić information content (AvgIpc) is 3.39. The summed E-state index contributed by atoms with van der Waals surface area (Å²) >= 11 is 6.08. The van der Waals surface area contributed by atoms with Gasteiger partial charge in [0.15, 0.2) is 0 Å². The summed E-state index contributed by atoms with van der Waals surface area (Å²) in [6.07, 6.45) is 5.79. The van der Waals surface area contributed by atoms with Gasteiger partial charge in [-0.3, -0.25) is 9.48 Å². The number of hydrogen-bond donors (Lipinski definition) is 1. The zero-order chi connectivity index (χ0) is 21.5. The molecule has 0 spiro atoms. The summed E-state index contributed by atoms with van der Waals surface area (Å²) in [5.41, 5.74) is 2.28. The first-order chi connectivity index (χ1) is 14.3. The van der Waals surface area contributed by atoms with E-state index in [0.29, 0.717) is 16.3 Å². The van der Waals surface area contributed by atoms with Crippen LogP contribution in [0.15, 0.2) is 64.4 Å². The summed E-state index contributed by atoms with van der Waals surface area (Å²) in [5, 5.41) is 5.70. The van der Waals surface area contributed by atoms with Crippen LogP contribution in [-0.2, 0) is 21.9 Å². The summed E-state index contributed by atoms with van der Waals surface area (Å²) < 4.78 is 34.7. The third-order valence-electron chi connectivity index (χ3n) is 4.51. The van der Waals surface area contributed by atoms with Crippen molar-refractivity contribution < 1.29 is 17.6 Å². The fourth-order valence-corrected chi connectivity index (χ4v) is 4.29. The van der Waals surface area contributed by atoms with Gasteiger partial charge in [0.2, 0.25) is 5.09 Å². The third kappa shape index (κ3) is 3.64. The molecule has 0 bridgehead atoms. The van der Waals surface area contributed by atoms with Crippen LogP contribution in [0.1, 0.15) is 11.3 Å². The van der Waals surface area contributed by atoms with Crippen molar-refractivity contribution in [1.29, 1.82) is 0 Å². The van der Waals surface area contributed by atoms with Gasteiger partial charge in [-0.15, -0.1) is 0 Å². The lowest BCUT2D eigenvalue weighted by molar-refractivity contribution is -0.114. The highest BCUT2D eigenvalue weighted by Crippen LogP contribution is 2.27. The van der Waals surface area contributed by atoms with E-state index in [0.717, 1.165) is 22.8 Å². The molecule has 3 aromatic heterocycles. The second kappa shape index (κ2) is 7.51. The Kier molecular flexibility index (Phi) is 5.00. The van der Waals surface area contributed by atoms with Gasteiger partial charge in [0.25, 0.3) is 15.9 Å². The van der Waals surface area contributed by atoms with Crippen LogP contribution in [-0.4, -0.2) is 28.7 Å². The molecule has 0 unspecified atom stereocenters. The zero-order valence-corrected chi connectivity index (χ0v) is 17.6. The highest BCUT2D eigenvalue weighted by atomic mass is 35.5. The fraction of sp³-hybridized carbons (Fsp3) is 0.100. The fourth-order valence-electron chi connectivity index (χ4n) is 3.23. The number of furan rings is 1. The Morgan fingerprint density at radius 3 is 2.80 bits per heavy atom. The lowest BCUT2D eigenvalue weighted by atomic mass is 10.2. The Labute approximate surface area is 177 Å². The van der Waals surface area contributed by atoms with E-state index >= 15 is 0 Å². The van der Waals surface area contributed by atoms with Crippen LogP contribution in [0.4, 0.5) is 0 Å². The molecule has 8 nitrogen and oxygen atoms in total. The van der Waals surface area contributed by atoms with Gasteiger partial charge in [-0.1, -0.05) is 11.6 Å². The largest absolute Gasteiger partial charge is 0.451 e. The molecule has 1 amide bonds. The van der Waals surface area contributed by atoms with E-state index in [1.807, 2.05) is 40.6 Å². The monoisotopic (exact) mass is 444 g/mol. The number of hydrogen-bond acceptors (Lipinski definition) is 5. The van der Waals surface area contributed by atoms with E-state index in [-0.39, 0.29) is 5.09 Å². The minimum atomic E-state index is -4.07. The van der Waals surface area contributed by atoms with Gasteiger partial charge in [0.1, 0.15) is 5.82 Å². The minimum Gasteiger partial charge on any atom is -0.451 e. The molecule has 0 aliphatic carbocycles. The van der Waals surface area contributed by atoms with Crippen molar-refractivity contribution in [3.63, 3.8) is 0 Å². The molecule has 0 aliphatic rings. The molecule has 10 heteroatoms. The number of rotatable bonds is 5. The normalized spacial score (nSPS) is 12.1. The first kappa shape index (κ1) is 20.0. The van der Waals surface area contributed by atoms with Gasteiger partial charge in [-0.25, -0.2) is 4.72 Å². The molecule has 0 saturated heterocycles. The predicted octanol–water partition coefficient (Wildman–Crippen LogP) is 3.44. The average molecular weight is 445 g/mol. The number of sulfonamides is 1. The van der Waals surface area contributed by atoms with Crippen LogP contribution >= 0.6 is 11.6 Å². The van der Waals surface area contributed by atoms with E-state index in [2.05, 4.69) is 5.10 Å². The Morgan fingerprint density at radius 1 is 1.27 bits per heavy atom. The molecular formula is C20H17ClN4O4S. The number of benzene rings is 1. The molecule has 1 N–H and O–H groups in total. The molecule has 3 heterocycles. The summed E-state index contributed by atoms with van der Waals surface area (Å²) in [7, 11) is -2.27. The van der Waals surface area contributed by atoms with Gasteiger partial charge >= 0.3 is 0 Å². The number of carbonyl (C=O) groups excluding carboxylic acids is 1.